The van der Waals surface area contributed by atoms with Gasteiger partial charge in [-0.2, -0.15) is 0 Å². The SMILES string of the molecule is CNCCOC1CC(OCCOC)C1. The first-order valence-corrected chi connectivity index (χ1v) is 5.23. The molecule has 1 aliphatic carbocycles. The van der Waals surface area contributed by atoms with Gasteiger partial charge < -0.3 is 19.5 Å². The Bertz CT molecular complexity index is 123. The van der Waals surface area contributed by atoms with Crippen molar-refractivity contribution >= 4 is 0 Å². The van der Waals surface area contributed by atoms with Crippen molar-refractivity contribution in [1.82, 2.24) is 5.32 Å². The van der Waals surface area contributed by atoms with Crippen molar-refractivity contribution in [2.75, 3.05) is 40.5 Å². The molecule has 0 aliphatic heterocycles. The van der Waals surface area contributed by atoms with E-state index in [1.807, 2.05) is 7.05 Å². The second kappa shape index (κ2) is 7.17. The van der Waals surface area contributed by atoms with Gasteiger partial charge in [-0.25, -0.2) is 0 Å². The van der Waals surface area contributed by atoms with Crippen LogP contribution in [0, 0.1) is 0 Å². The number of hydrogen-bond donors (Lipinski definition) is 1. The van der Waals surface area contributed by atoms with Crippen LogP contribution in [0.15, 0.2) is 0 Å². The summed E-state index contributed by atoms with van der Waals surface area (Å²) in [5, 5.41) is 3.05. The number of nitrogens with one attached hydrogen (secondary N) is 1. The summed E-state index contributed by atoms with van der Waals surface area (Å²) in [4.78, 5) is 0. The van der Waals surface area contributed by atoms with Gasteiger partial charge in [0.25, 0.3) is 0 Å². The fourth-order valence-electron chi connectivity index (χ4n) is 1.42. The smallest absolute Gasteiger partial charge is 0.0704 e. The fraction of sp³-hybridized carbons (Fsp3) is 1.00. The van der Waals surface area contributed by atoms with Gasteiger partial charge in [0, 0.05) is 13.7 Å². The third-order valence-electron chi connectivity index (χ3n) is 2.40. The van der Waals surface area contributed by atoms with E-state index >= 15 is 0 Å². The molecule has 4 nitrogen and oxygen atoms in total. The number of rotatable bonds is 8. The molecule has 0 aromatic carbocycles. The molecule has 1 aliphatic rings. The number of methoxy groups -OCH3 is 1. The first-order chi connectivity index (χ1) is 6.86. The minimum absolute atomic E-state index is 0.393. The van der Waals surface area contributed by atoms with Crippen molar-refractivity contribution in [3.8, 4) is 0 Å². The second-order valence-electron chi connectivity index (χ2n) is 3.55. The fourth-order valence-corrected chi connectivity index (χ4v) is 1.42. The Labute approximate surface area is 85.9 Å². The van der Waals surface area contributed by atoms with Crippen LogP contribution in [0.25, 0.3) is 0 Å². The van der Waals surface area contributed by atoms with E-state index in [1.54, 1.807) is 7.11 Å². The summed E-state index contributed by atoms with van der Waals surface area (Å²) in [6, 6.07) is 0. The zero-order valence-corrected chi connectivity index (χ0v) is 9.12. The van der Waals surface area contributed by atoms with E-state index in [4.69, 9.17) is 14.2 Å². The third-order valence-corrected chi connectivity index (χ3v) is 2.40. The summed E-state index contributed by atoms with van der Waals surface area (Å²) in [5.41, 5.74) is 0. The van der Waals surface area contributed by atoms with Gasteiger partial charge >= 0.3 is 0 Å². The summed E-state index contributed by atoms with van der Waals surface area (Å²) in [6.07, 6.45) is 2.88. The molecule has 0 aromatic heterocycles. The Morgan fingerprint density at radius 1 is 1.07 bits per heavy atom. The molecule has 0 heterocycles. The van der Waals surface area contributed by atoms with E-state index in [2.05, 4.69) is 5.32 Å². The molecular weight excluding hydrogens is 182 g/mol. The minimum atomic E-state index is 0.393. The molecule has 0 saturated heterocycles. The normalized spacial score (nSPS) is 26.1. The maximum Gasteiger partial charge on any atom is 0.0704 e. The predicted octanol–water partition coefficient (Wildman–Crippen LogP) is 0.416. The Morgan fingerprint density at radius 3 is 2.29 bits per heavy atom. The molecule has 0 spiro atoms. The molecule has 0 radical (unpaired) electrons. The summed E-state index contributed by atoms with van der Waals surface area (Å²) >= 11 is 0. The van der Waals surface area contributed by atoms with Crippen LogP contribution in [-0.4, -0.2) is 52.7 Å². The van der Waals surface area contributed by atoms with Gasteiger partial charge in [0.2, 0.25) is 0 Å². The lowest BCUT2D eigenvalue weighted by atomic mass is 9.92. The molecule has 0 amide bonds. The Hall–Kier alpha value is -0.160. The summed E-state index contributed by atoms with van der Waals surface area (Å²) in [5.74, 6) is 0. The maximum atomic E-state index is 5.58. The van der Waals surface area contributed by atoms with Gasteiger partial charge in [0.1, 0.15) is 0 Å². The van der Waals surface area contributed by atoms with Crippen LogP contribution < -0.4 is 5.32 Å². The van der Waals surface area contributed by atoms with Gasteiger partial charge in [-0.05, 0) is 19.9 Å². The molecule has 0 aromatic rings. The average molecular weight is 203 g/mol. The largest absolute Gasteiger partial charge is 0.382 e. The average Bonchev–Trinajstić information content (AvgIpc) is 2.13. The maximum absolute atomic E-state index is 5.58. The zero-order valence-electron chi connectivity index (χ0n) is 9.12. The van der Waals surface area contributed by atoms with Gasteiger partial charge in [0.05, 0.1) is 32.0 Å². The van der Waals surface area contributed by atoms with Crippen LogP contribution in [0.2, 0.25) is 0 Å². The van der Waals surface area contributed by atoms with Gasteiger partial charge in [0.15, 0.2) is 0 Å². The molecule has 1 fully saturated rings. The van der Waals surface area contributed by atoms with Gasteiger partial charge in [-0.15, -0.1) is 0 Å². The van der Waals surface area contributed by atoms with Crippen LogP contribution in [0.5, 0.6) is 0 Å². The Kier molecular flexibility index (Phi) is 6.10. The second-order valence-corrected chi connectivity index (χ2v) is 3.55. The highest BCUT2D eigenvalue weighted by Crippen LogP contribution is 2.25. The number of ether oxygens (including phenoxy) is 3. The van der Waals surface area contributed by atoms with Crippen molar-refractivity contribution in [2.24, 2.45) is 0 Å². The highest BCUT2D eigenvalue weighted by Gasteiger charge is 2.30. The molecule has 0 unspecified atom stereocenters. The van der Waals surface area contributed by atoms with Crippen molar-refractivity contribution in [1.29, 1.82) is 0 Å². The van der Waals surface area contributed by atoms with Crippen LogP contribution >= 0.6 is 0 Å². The summed E-state index contributed by atoms with van der Waals surface area (Å²) in [6.45, 7) is 3.10. The van der Waals surface area contributed by atoms with E-state index in [1.165, 1.54) is 0 Å². The van der Waals surface area contributed by atoms with E-state index in [0.29, 0.717) is 25.4 Å². The van der Waals surface area contributed by atoms with E-state index in [-0.39, 0.29) is 0 Å². The summed E-state index contributed by atoms with van der Waals surface area (Å²) in [7, 11) is 3.62. The van der Waals surface area contributed by atoms with Gasteiger partial charge in [-0.3, -0.25) is 0 Å². The molecular formula is C10H21NO3. The van der Waals surface area contributed by atoms with E-state index in [0.717, 1.165) is 26.0 Å². The van der Waals surface area contributed by atoms with Crippen LogP contribution in [0.4, 0.5) is 0 Å². The molecule has 84 valence electrons. The van der Waals surface area contributed by atoms with Crippen LogP contribution in [-0.2, 0) is 14.2 Å². The molecule has 14 heavy (non-hydrogen) atoms. The monoisotopic (exact) mass is 203 g/mol. The lowest BCUT2D eigenvalue weighted by Crippen LogP contribution is -2.39. The Morgan fingerprint density at radius 2 is 1.71 bits per heavy atom. The van der Waals surface area contributed by atoms with Crippen LogP contribution in [0.1, 0.15) is 12.8 Å². The third kappa shape index (κ3) is 4.37. The lowest BCUT2D eigenvalue weighted by Gasteiger charge is -2.34. The topological polar surface area (TPSA) is 39.7 Å². The quantitative estimate of drug-likeness (QED) is 0.580. The highest BCUT2D eigenvalue weighted by atomic mass is 16.5. The Balaban J connectivity index is 1.85. The summed E-state index contributed by atoms with van der Waals surface area (Å²) < 4.78 is 16.0. The standard InChI is InChI=1S/C10H21NO3/c1-11-3-4-13-9-7-10(8-9)14-6-5-12-2/h9-11H,3-8H2,1-2H3. The van der Waals surface area contributed by atoms with E-state index in [9.17, 15) is 0 Å². The molecule has 1 N–H and O–H groups in total. The lowest BCUT2D eigenvalue weighted by molar-refractivity contribution is -0.106. The highest BCUT2D eigenvalue weighted by molar-refractivity contribution is 4.81. The van der Waals surface area contributed by atoms with Crippen molar-refractivity contribution in [3.05, 3.63) is 0 Å². The molecule has 1 saturated carbocycles. The zero-order chi connectivity index (χ0) is 10.2. The van der Waals surface area contributed by atoms with Crippen molar-refractivity contribution in [2.45, 2.75) is 25.0 Å². The van der Waals surface area contributed by atoms with E-state index < -0.39 is 0 Å². The molecule has 4 heteroatoms. The van der Waals surface area contributed by atoms with Crippen LogP contribution in [0.3, 0.4) is 0 Å². The molecule has 0 atom stereocenters. The molecule has 1 rings (SSSR count). The minimum Gasteiger partial charge on any atom is -0.382 e. The van der Waals surface area contributed by atoms with Crippen molar-refractivity contribution < 1.29 is 14.2 Å². The predicted molar refractivity (Wildman–Crippen MR) is 54.5 cm³/mol. The van der Waals surface area contributed by atoms with Crippen molar-refractivity contribution in [3.63, 3.8) is 0 Å². The number of hydrogen-bond acceptors (Lipinski definition) is 4. The first kappa shape index (κ1) is 11.9. The van der Waals surface area contributed by atoms with Gasteiger partial charge in [-0.1, -0.05) is 0 Å². The molecule has 0 bridgehead atoms. The first-order valence-electron chi connectivity index (χ1n) is 5.23. The number of likely N-dealkylation sites (N-methyl/N-ethyl adjacent to an activating group) is 1.